The van der Waals surface area contributed by atoms with Crippen LogP contribution in [0.1, 0.15) is 45.1 Å². The van der Waals surface area contributed by atoms with Gasteiger partial charge in [0.1, 0.15) is 0 Å². The average molecular weight is 500 g/mol. The van der Waals surface area contributed by atoms with Crippen LogP contribution in [0.3, 0.4) is 0 Å². The number of hydrogen-bond donors (Lipinski definition) is 2. The molecule has 2 N–H and O–H groups in total. The summed E-state index contributed by atoms with van der Waals surface area (Å²) in [5.74, 6) is 1.00. The van der Waals surface area contributed by atoms with Gasteiger partial charge in [-0.05, 0) is 51.2 Å². The van der Waals surface area contributed by atoms with E-state index >= 15 is 0 Å². The van der Waals surface area contributed by atoms with Crippen molar-refractivity contribution in [3.05, 3.63) is 29.8 Å². The smallest absolute Gasteiger partial charge is 0.227 e. The summed E-state index contributed by atoms with van der Waals surface area (Å²) in [5, 5.41) is 6.61. The number of amides is 1. The van der Waals surface area contributed by atoms with Crippen molar-refractivity contribution in [1.82, 2.24) is 10.6 Å². The number of guanidine groups is 1. The second-order valence-electron chi connectivity index (χ2n) is 7.55. The summed E-state index contributed by atoms with van der Waals surface area (Å²) in [4.78, 5) is 19.1. The summed E-state index contributed by atoms with van der Waals surface area (Å²) in [6, 6.07) is 8.19. The molecule has 0 spiro atoms. The number of anilines is 1. The molecule has 1 aromatic rings. The van der Waals surface area contributed by atoms with Crippen molar-refractivity contribution in [2.24, 2.45) is 4.99 Å². The molecule has 1 atom stereocenters. The number of ether oxygens (including phenoxy) is 1. The van der Waals surface area contributed by atoms with Gasteiger partial charge < -0.3 is 20.3 Å². The summed E-state index contributed by atoms with van der Waals surface area (Å²) >= 11 is 0. The van der Waals surface area contributed by atoms with Crippen LogP contribution in [0, 0.1) is 0 Å². The third kappa shape index (κ3) is 6.07. The van der Waals surface area contributed by atoms with E-state index in [1.807, 2.05) is 23.1 Å². The minimum atomic E-state index is -0.137. The highest BCUT2D eigenvalue weighted by atomic mass is 127. The Morgan fingerprint density at radius 2 is 2.14 bits per heavy atom. The predicted octanol–water partition coefficient (Wildman–Crippen LogP) is 3.10. The first-order chi connectivity index (χ1) is 13.1. The van der Waals surface area contributed by atoms with Gasteiger partial charge in [0.2, 0.25) is 5.91 Å². The fraction of sp³-hybridized carbons (Fsp3) is 0.619. The van der Waals surface area contributed by atoms with E-state index in [0.29, 0.717) is 13.0 Å². The Labute approximate surface area is 185 Å². The topological polar surface area (TPSA) is 66.0 Å². The lowest BCUT2D eigenvalue weighted by Gasteiger charge is -2.21. The molecular formula is C21H33IN4O2. The van der Waals surface area contributed by atoms with Crippen LogP contribution >= 0.6 is 24.0 Å². The summed E-state index contributed by atoms with van der Waals surface area (Å²) in [6.07, 6.45) is 4.45. The van der Waals surface area contributed by atoms with Crippen molar-refractivity contribution in [2.75, 3.05) is 37.7 Å². The molecular weight excluding hydrogens is 467 g/mol. The molecule has 0 aliphatic carbocycles. The quantitative estimate of drug-likeness (QED) is 0.262. The normalized spacial score (nSPS) is 21.2. The highest BCUT2D eigenvalue weighted by Crippen LogP contribution is 2.28. The monoisotopic (exact) mass is 500 g/mol. The van der Waals surface area contributed by atoms with E-state index in [0.717, 1.165) is 63.6 Å². The fourth-order valence-corrected chi connectivity index (χ4v) is 3.73. The highest BCUT2D eigenvalue weighted by molar-refractivity contribution is 14.0. The van der Waals surface area contributed by atoms with E-state index in [1.165, 1.54) is 5.56 Å². The summed E-state index contributed by atoms with van der Waals surface area (Å²) in [6.45, 7) is 8.01. The number of halogens is 1. The minimum absolute atomic E-state index is 0. The maximum Gasteiger partial charge on any atom is 0.227 e. The van der Waals surface area contributed by atoms with Crippen molar-refractivity contribution in [3.63, 3.8) is 0 Å². The molecule has 0 saturated carbocycles. The number of nitrogens with zero attached hydrogens (tertiary/aromatic N) is 2. The minimum Gasteiger partial charge on any atom is -0.373 e. The zero-order valence-electron chi connectivity index (χ0n) is 17.0. The van der Waals surface area contributed by atoms with Gasteiger partial charge >= 0.3 is 0 Å². The first-order valence-corrected chi connectivity index (χ1v) is 10.2. The number of fused-ring (bicyclic) bond motifs is 1. The molecule has 1 amide bonds. The standard InChI is InChI=1S/C21H32N4O2.HI/c1-3-22-20(24-16-21(2)12-7-15-27-21)23-13-6-10-19(26)25-14-11-17-8-4-5-9-18(17)25;/h4-5,8-9H,3,6-7,10-16H2,1-2H3,(H2,22,23,24);1H. The van der Waals surface area contributed by atoms with E-state index in [4.69, 9.17) is 4.74 Å². The summed E-state index contributed by atoms with van der Waals surface area (Å²) in [7, 11) is 0. The maximum atomic E-state index is 12.6. The third-order valence-electron chi connectivity index (χ3n) is 5.26. The van der Waals surface area contributed by atoms with Crippen LogP contribution in [-0.2, 0) is 16.0 Å². The molecule has 6 nitrogen and oxygen atoms in total. The number of hydrogen-bond acceptors (Lipinski definition) is 3. The molecule has 1 fully saturated rings. The maximum absolute atomic E-state index is 12.6. The lowest BCUT2D eigenvalue weighted by Crippen LogP contribution is -2.40. The summed E-state index contributed by atoms with van der Waals surface area (Å²) < 4.78 is 5.80. The van der Waals surface area contributed by atoms with Crippen molar-refractivity contribution in [1.29, 1.82) is 0 Å². The number of carbonyl (C=O) groups is 1. The van der Waals surface area contributed by atoms with E-state index in [-0.39, 0.29) is 35.5 Å². The second-order valence-corrected chi connectivity index (χ2v) is 7.55. The Hall–Kier alpha value is -1.35. The lowest BCUT2D eigenvalue weighted by molar-refractivity contribution is -0.118. The molecule has 0 aromatic heterocycles. The van der Waals surface area contributed by atoms with Gasteiger partial charge in [-0.25, -0.2) is 0 Å². The number of rotatable bonds is 7. The molecule has 2 heterocycles. The highest BCUT2D eigenvalue weighted by Gasteiger charge is 2.29. The molecule has 156 valence electrons. The van der Waals surface area contributed by atoms with Crippen LogP contribution in [0.25, 0.3) is 0 Å². The molecule has 2 aliphatic heterocycles. The molecule has 0 radical (unpaired) electrons. The van der Waals surface area contributed by atoms with Gasteiger partial charge in [0.25, 0.3) is 0 Å². The third-order valence-corrected chi connectivity index (χ3v) is 5.26. The number of aliphatic imine (C=N–C) groups is 1. The molecule has 2 aliphatic rings. The summed E-state index contributed by atoms with van der Waals surface area (Å²) in [5.41, 5.74) is 2.21. The fourth-order valence-electron chi connectivity index (χ4n) is 3.73. The molecule has 1 unspecified atom stereocenters. The Morgan fingerprint density at radius 3 is 2.89 bits per heavy atom. The van der Waals surface area contributed by atoms with Gasteiger partial charge in [-0.2, -0.15) is 0 Å². The van der Waals surface area contributed by atoms with E-state index in [2.05, 4.69) is 35.5 Å². The van der Waals surface area contributed by atoms with Crippen molar-refractivity contribution in [2.45, 2.75) is 51.6 Å². The van der Waals surface area contributed by atoms with Crippen molar-refractivity contribution in [3.8, 4) is 0 Å². The van der Waals surface area contributed by atoms with Crippen molar-refractivity contribution < 1.29 is 9.53 Å². The van der Waals surface area contributed by atoms with Crippen molar-refractivity contribution >= 4 is 41.5 Å². The van der Waals surface area contributed by atoms with Gasteiger partial charge in [0.15, 0.2) is 5.96 Å². The molecule has 1 saturated heterocycles. The molecule has 7 heteroatoms. The molecule has 1 aromatic carbocycles. The van der Waals surface area contributed by atoms with Gasteiger partial charge in [0, 0.05) is 38.3 Å². The average Bonchev–Trinajstić information content (AvgIpc) is 3.30. The van der Waals surface area contributed by atoms with E-state index in [9.17, 15) is 4.79 Å². The van der Waals surface area contributed by atoms with Crippen LogP contribution in [0.5, 0.6) is 0 Å². The van der Waals surface area contributed by atoms with E-state index < -0.39 is 0 Å². The Balaban J connectivity index is 0.00000280. The van der Waals surface area contributed by atoms with Gasteiger partial charge in [-0.1, -0.05) is 18.2 Å². The van der Waals surface area contributed by atoms with Gasteiger partial charge in [-0.3, -0.25) is 9.79 Å². The Bertz CT molecular complexity index is 674. The molecule has 0 bridgehead atoms. The van der Waals surface area contributed by atoms with E-state index in [1.54, 1.807) is 0 Å². The number of para-hydroxylation sites is 1. The van der Waals surface area contributed by atoms with Crippen LogP contribution in [0.15, 0.2) is 29.3 Å². The first-order valence-electron chi connectivity index (χ1n) is 10.2. The van der Waals surface area contributed by atoms with Crippen LogP contribution < -0.4 is 15.5 Å². The first kappa shape index (κ1) is 22.9. The zero-order chi connectivity index (χ0) is 19.1. The van der Waals surface area contributed by atoms with Gasteiger partial charge in [-0.15, -0.1) is 24.0 Å². The Kier molecular flexibility index (Phi) is 9.01. The second kappa shape index (κ2) is 11.0. The zero-order valence-corrected chi connectivity index (χ0v) is 19.3. The Morgan fingerprint density at radius 1 is 1.32 bits per heavy atom. The number of carbonyl (C=O) groups excluding carboxylic acids is 1. The molecule has 28 heavy (non-hydrogen) atoms. The van der Waals surface area contributed by atoms with Gasteiger partial charge in [0.05, 0.1) is 12.1 Å². The predicted molar refractivity (Wildman–Crippen MR) is 125 cm³/mol. The van der Waals surface area contributed by atoms with Crippen LogP contribution in [-0.4, -0.2) is 50.3 Å². The number of benzene rings is 1. The number of nitrogens with one attached hydrogen (secondary N) is 2. The van der Waals surface area contributed by atoms with Crippen LogP contribution in [0.4, 0.5) is 5.69 Å². The molecule has 3 rings (SSSR count). The van der Waals surface area contributed by atoms with Crippen LogP contribution in [0.2, 0.25) is 0 Å². The lowest BCUT2D eigenvalue weighted by atomic mass is 10.0. The largest absolute Gasteiger partial charge is 0.373 e. The SMILES string of the molecule is CCNC(=NCC1(C)CCCO1)NCCCC(=O)N1CCc2ccccc21.I.